The van der Waals surface area contributed by atoms with Crippen molar-refractivity contribution in [3.63, 3.8) is 0 Å². The molecule has 1 aromatic heterocycles. The molecule has 0 unspecified atom stereocenters. The maximum atomic E-state index is 12.2. The number of carbonyl (C=O) groups excluding carboxylic acids is 1. The number of ether oxygens (including phenoxy) is 2. The summed E-state index contributed by atoms with van der Waals surface area (Å²) in [6, 6.07) is 15.7. The Kier molecular flexibility index (Phi) is 12.1. The summed E-state index contributed by atoms with van der Waals surface area (Å²) in [7, 11) is 8.33. The number of aromatic nitrogens is 1. The topological polar surface area (TPSA) is 57.9 Å². The standard InChI is InChI=1S/C31H46N4O3/c1-6-18-37-20-21-38-19-10-16-32-31(36)11-8-7-9-17-35-29-23-27(33(2)3)14-12-25(29)22-26-13-15-28(34(4)5)24-30(26)35/h12-15,22-24H,6-11,16-21H2,1-5H3/p+1. The largest absolute Gasteiger partial charge is 0.379 e. The predicted octanol–water partition coefficient (Wildman–Crippen LogP) is 4.92. The van der Waals surface area contributed by atoms with Crippen molar-refractivity contribution in [2.24, 2.45) is 0 Å². The zero-order valence-electron chi connectivity index (χ0n) is 24.1. The normalized spacial score (nSPS) is 11.3. The number of unbranched alkanes of at least 4 members (excludes halogenated alkanes) is 2. The summed E-state index contributed by atoms with van der Waals surface area (Å²) in [6.45, 7) is 6.36. The van der Waals surface area contributed by atoms with Crippen LogP contribution in [0, 0.1) is 0 Å². The minimum atomic E-state index is 0.130. The van der Waals surface area contributed by atoms with Crippen LogP contribution in [0.2, 0.25) is 0 Å². The third-order valence-corrected chi connectivity index (χ3v) is 6.75. The van der Waals surface area contributed by atoms with Crippen LogP contribution in [-0.2, 0) is 20.8 Å². The zero-order chi connectivity index (χ0) is 27.3. The highest BCUT2D eigenvalue weighted by atomic mass is 16.5. The first-order valence-electron chi connectivity index (χ1n) is 14.1. The van der Waals surface area contributed by atoms with Crippen LogP contribution in [0.3, 0.4) is 0 Å². The molecular weight excluding hydrogens is 476 g/mol. The lowest BCUT2D eigenvalue weighted by Gasteiger charge is -2.15. The number of carbonyl (C=O) groups is 1. The molecule has 1 heterocycles. The monoisotopic (exact) mass is 523 g/mol. The van der Waals surface area contributed by atoms with Crippen molar-refractivity contribution in [1.29, 1.82) is 0 Å². The van der Waals surface area contributed by atoms with E-state index in [2.05, 4.69) is 97.3 Å². The molecule has 1 amide bonds. The maximum absolute atomic E-state index is 12.2. The molecule has 0 aliphatic carbocycles. The van der Waals surface area contributed by atoms with Gasteiger partial charge in [0.15, 0.2) is 0 Å². The molecule has 0 radical (unpaired) electrons. The average molecular weight is 524 g/mol. The molecule has 0 fully saturated rings. The fourth-order valence-corrected chi connectivity index (χ4v) is 4.56. The van der Waals surface area contributed by atoms with Gasteiger partial charge in [0.05, 0.1) is 13.2 Å². The number of aryl methyl sites for hydroxylation is 1. The lowest BCUT2D eigenvalue weighted by atomic mass is 10.1. The molecule has 0 aliphatic heterocycles. The fourth-order valence-electron chi connectivity index (χ4n) is 4.56. The number of fused-ring (bicyclic) bond motifs is 2. The van der Waals surface area contributed by atoms with E-state index in [0.717, 1.165) is 45.3 Å². The second-order valence-corrected chi connectivity index (χ2v) is 10.3. The van der Waals surface area contributed by atoms with Gasteiger partial charge < -0.3 is 24.6 Å². The zero-order valence-corrected chi connectivity index (χ0v) is 24.1. The summed E-state index contributed by atoms with van der Waals surface area (Å²) in [4.78, 5) is 16.5. The number of benzene rings is 2. The predicted molar refractivity (Wildman–Crippen MR) is 158 cm³/mol. The molecule has 38 heavy (non-hydrogen) atoms. The fraction of sp³-hybridized carbons (Fsp3) is 0.548. The van der Waals surface area contributed by atoms with Crippen molar-refractivity contribution in [2.75, 3.05) is 71.0 Å². The number of hydrogen-bond acceptors (Lipinski definition) is 5. The van der Waals surface area contributed by atoms with Crippen LogP contribution in [0.1, 0.15) is 45.4 Å². The molecular formula is C31H47N4O3+. The van der Waals surface area contributed by atoms with Crippen LogP contribution in [0.5, 0.6) is 0 Å². The minimum Gasteiger partial charge on any atom is -0.379 e. The molecule has 0 saturated carbocycles. The first-order chi connectivity index (χ1) is 18.4. The molecule has 7 nitrogen and oxygen atoms in total. The number of pyridine rings is 1. The van der Waals surface area contributed by atoms with Gasteiger partial charge in [-0.1, -0.05) is 6.92 Å². The Hall–Kier alpha value is -2.90. The van der Waals surface area contributed by atoms with Gasteiger partial charge in [0.25, 0.3) is 0 Å². The van der Waals surface area contributed by atoms with Crippen LogP contribution in [-0.4, -0.2) is 67.1 Å². The van der Waals surface area contributed by atoms with E-state index in [0.29, 0.717) is 32.8 Å². The number of anilines is 2. The van der Waals surface area contributed by atoms with Crippen LogP contribution < -0.4 is 19.7 Å². The summed E-state index contributed by atoms with van der Waals surface area (Å²) in [5.41, 5.74) is 4.88. The van der Waals surface area contributed by atoms with Gasteiger partial charge in [-0.2, -0.15) is 4.57 Å². The van der Waals surface area contributed by atoms with Crippen molar-refractivity contribution in [1.82, 2.24) is 5.32 Å². The Labute approximate surface area is 228 Å². The van der Waals surface area contributed by atoms with Crippen molar-refractivity contribution in [3.05, 3.63) is 42.5 Å². The van der Waals surface area contributed by atoms with Crippen molar-refractivity contribution in [3.8, 4) is 0 Å². The summed E-state index contributed by atoms with van der Waals surface area (Å²) in [5.74, 6) is 0.130. The molecule has 0 bridgehead atoms. The van der Waals surface area contributed by atoms with Gasteiger partial charge in [-0.15, -0.1) is 0 Å². The van der Waals surface area contributed by atoms with E-state index in [1.165, 1.54) is 33.2 Å². The molecule has 0 atom stereocenters. The van der Waals surface area contributed by atoms with Gasteiger partial charge in [0.1, 0.15) is 6.54 Å². The summed E-state index contributed by atoms with van der Waals surface area (Å²) >= 11 is 0. The Bertz CT molecular complexity index is 1100. The SMILES string of the molecule is CCCOCCOCCCNC(=O)CCCCC[n+]1c2cc(N(C)C)ccc2cc2ccc(N(C)C)cc21. The van der Waals surface area contributed by atoms with Crippen molar-refractivity contribution < 1.29 is 18.8 Å². The van der Waals surface area contributed by atoms with Crippen LogP contribution >= 0.6 is 0 Å². The second-order valence-electron chi connectivity index (χ2n) is 10.3. The number of rotatable bonds is 17. The van der Waals surface area contributed by atoms with Crippen molar-refractivity contribution in [2.45, 2.75) is 52.0 Å². The molecule has 1 N–H and O–H groups in total. The van der Waals surface area contributed by atoms with E-state index in [4.69, 9.17) is 9.47 Å². The Balaban J connectivity index is 1.52. The second kappa shape index (κ2) is 15.5. The summed E-state index contributed by atoms with van der Waals surface area (Å²) < 4.78 is 13.4. The van der Waals surface area contributed by atoms with Gasteiger partial charge in [0.2, 0.25) is 16.9 Å². The maximum Gasteiger partial charge on any atom is 0.219 e. The van der Waals surface area contributed by atoms with Crippen LogP contribution in [0.25, 0.3) is 21.8 Å². The highest BCUT2D eigenvalue weighted by molar-refractivity contribution is 5.91. The van der Waals surface area contributed by atoms with Gasteiger partial charge in [-0.25, -0.2) is 0 Å². The van der Waals surface area contributed by atoms with Crippen LogP contribution in [0.15, 0.2) is 42.5 Å². The Morgan fingerprint density at radius 3 is 1.95 bits per heavy atom. The molecule has 0 spiro atoms. The minimum absolute atomic E-state index is 0.130. The first-order valence-corrected chi connectivity index (χ1v) is 14.1. The number of hydrogen-bond donors (Lipinski definition) is 1. The number of nitrogens with zero attached hydrogens (tertiary/aromatic N) is 3. The molecule has 208 valence electrons. The molecule has 0 saturated heterocycles. The van der Waals surface area contributed by atoms with E-state index < -0.39 is 0 Å². The summed E-state index contributed by atoms with van der Waals surface area (Å²) in [5, 5.41) is 5.52. The molecule has 3 aromatic rings. The number of nitrogens with one attached hydrogen (secondary N) is 1. The molecule has 3 rings (SSSR count). The smallest absolute Gasteiger partial charge is 0.219 e. The Morgan fingerprint density at radius 2 is 1.37 bits per heavy atom. The highest BCUT2D eigenvalue weighted by Crippen LogP contribution is 2.25. The lowest BCUT2D eigenvalue weighted by molar-refractivity contribution is -0.645. The third-order valence-electron chi connectivity index (χ3n) is 6.75. The van der Waals surface area contributed by atoms with E-state index in [-0.39, 0.29) is 5.91 Å². The number of amides is 1. The highest BCUT2D eigenvalue weighted by Gasteiger charge is 2.17. The molecule has 0 aliphatic rings. The van der Waals surface area contributed by atoms with E-state index >= 15 is 0 Å². The third kappa shape index (κ3) is 8.84. The van der Waals surface area contributed by atoms with E-state index in [1.807, 2.05) is 0 Å². The van der Waals surface area contributed by atoms with Crippen molar-refractivity contribution >= 4 is 39.1 Å². The van der Waals surface area contributed by atoms with E-state index in [9.17, 15) is 4.79 Å². The quantitative estimate of drug-likeness (QED) is 0.155. The molecule has 7 heteroatoms. The lowest BCUT2D eigenvalue weighted by Crippen LogP contribution is -2.36. The Morgan fingerprint density at radius 1 is 0.763 bits per heavy atom. The van der Waals surface area contributed by atoms with E-state index in [1.54, 1.807) is 0 Å². The van der Waals surface area contributed by atoms with Crippen LogP contribution in [0.4, 0.5) is 11.4 Å². The van der Waals surface area contributed by atoms with Gasteiger partial charge in [-0.05, 0) is 56.0 Å². The van der Waals surface area contributed by atoms with Gasteiger partial charge in [-0.3, -0.25) is 4.79 Å². The molecule has 2 aromatic carbocycles. The first kappa shape index (κ1) is 29.7. The van der Waals surface area contributed by atoms with Gasteiger partial charge >= 0.3 is 0 Å². The average Bonchev–Trinajstić information content (AvgIpc) is 2.90. The van der Waals surface area contributed by atoms with Gasteiger partial charge in [0, 0.05) is 95.1 Å². The summed E-state index contributed by atoms with van der Waals surface area (Å²) in [6.07, 6.45) is 5.36.